The molecule has 0 aliphatic heterocycles. The second kappa shape index (κ2) is 6.67. The summed E-state index contributed by atoms with van der Waals surface area (Å²) in [5, 5.41) is 5.22. The monoisotopic (exact) mass is 354 g/mol. The summed E-state index contributed by atoms with van der Waals surface area (Å²) in [7, 11) is 0. The SMILES string of the molecule is Cc1ccc(NC(=O)CNc2ccc(Br)cc2F)cc1F. The van der Waals surface area contributed by atoms with Gasteiger partial charge in [-0.05, 0) is 42.8 Å². The van der Waals surface area contributed by atoms with E-state index in [0.717, 1.165) is 0 Å². The first-order valence-electron chi connectivity index (χ1n) is 6.20. The van der Waals surface area contributed by atoms with Gasteiger partial charge in [-0.3, -0.25) is 4.79 Å². The van der Waals surface area contributed by atoms with E-state index in [1.807, 2.05) is 0 Å². The molecule has 0 radical (unpaired) electrons. The summed E-state index contributed by atoms with van der Waals surface area (Å²) >= 11 is 3.15. The van der Waals surface area contributed by atoms with Gasteiger partial charge in [0, 0.05) is 10.2 Å². The van der Waals surface area contributed by atoms with Crippen molar-refractivity contribution in [3.8, 4) is 0 Å². The summed E-state index contributed by atoms with van der Waals surface area (Å²) in [6.45, 7) is 1.52. The predicted octanol–water partition coefficient (Wildman–Crippen LogP) is 4.09. The third-order valence-corrected chi connectivity index (χ3v) is 3.32. The van der Waals surface area contributed by atoms with Crippen LogP contribution in [-0.4, -0.2) is 12.5 Å². The van der Waals surface area contributed by atoms with Crippen LogP contribution in [-0.2, 0) is 4.79 Å². The van der Waals surface area contributed by atoms with Crippen LogP contribution in [0.2, 0.25) is 0 Å². The van der Waals surface area contributed by atoms with E-state index in [4.69, 9.17) is 0 Å². The van der Waals surface area contributed by atoms with Crippen molar-refractivity contribution in [1.82, 2.24) is 0 Å². The molecule has 3 nitrogen and oxygen atoms in total. The third kappa shape index (κ3) is 4.26. The van der Waals surface area contributed by atoms with Crippen LogP contribution < -0.4 is 10.6 Å². The molecule has 2 rings (SSSR count). The summed E-state index contributed by atoms with van der Waals surface area (Å²) in [6.07, 6.45) is 0. The first kappa shape index (κ1) is 15.4. The Bertz CT molecular complexity index is 677. The molecule has 6 heteroatoms. The molecule has 0 bridgehead atoms. The van der Waals surface area contributed by atoms with E-state index in [2.05, 4.69) is 26.6 Å². The van der Waals surface area contributed by atoms with Gasteiger partial charge in [0.15, 0.2) is 0 Å². The van der Waals surface area contributed by atoms with E-state index >= 15 is 0 Å². The first-order valence-corrected chi connectivity index (χ1v) is 7.00. The molecule has 2 aromatic carbocycles. The Balaban J connectivity index is 1.94. The van der Waals surface area contributed by atoms with Gasteiger partial charge in [-0.2, -0.15) is 0 Å². The average Bonchev–Trinajstić information content (AvgIpc) is 2.42. The van der Waals surface area contributed by atoms with Crippen LogP contribution in [0.1, 0.15) is 5.56 Å². The quantitative estimate of drug-likeness (QED) is 0.868. The van der Waals surface area contributed by atoms with Crippen molar-refractivity contribution in [3.63, 3.8) is 0 Å². The van der Waals surface area contributed by atoms with Crippen LogP contribution in [0, 0.1) is 18.6 Å². The standard InChI is InChI=1S/C15H13BrF2N2O/c1-9-2-4-11(7-12(9)17)20-15(21)8-19-14-5-3-10(16)6-13(14)18/h2-7,19H,8H2,1H3,(H,20,21). The number of hydrogen-bond acceptors (Lipinski definition) is 2. The summed E-state index contributed by atoms with van der Waals surface area (Å²) in [4.78, 5) is 11.7. The lowest BCUT2D eigenvalue weighted by Gasteiger charge is -2.09. The third-order valence-electron chi connectivity index (χ3n) is 2.83. The van der Waals surface area contributed by atoms with Crippen LogP contribution in [0.5, 0.6) is 0 Å². The number of carbonyl (C=O) groups is 1. The molecule has 0 unspecified atom stereocenters. The van der Waals surface area contributed by atoms with Gasteiger partial charge in [0.25, 0.3) is 0 Å². The topological polar surface area (TPSA) is 41.1 Å². The summed E-state index contributed by atoms with van der Waals surface area (Å²) < 4.78 is 27.5. The number of carbonyl (C=O) groups excluding carboxylic acids is 1. The molecule has 0 heterocycles. The van der Waals surface area contributed by atoms with E-state index in [9.17, 15) is 13.6 Å². The van der Waals surface area contributed by atoms with Crippen LogP contribution >= 0.6 is 15.9 Å². The van der Waals surface area contributed by atoms with Crippen molar-refractivity contribution in [2.75, 3.05) is 17.2 Å². The number of amides is 1. The molecular weight excluding hydrogens is 342 g/mol. The molecule has 0 fully saturated rings. The van der Waals surface area contributed by atoms with Crippen molar-refractivity contribution in [2.45, 2.75) is 6.92 Å². The van der Waals surface area contributed by atoms with Crippen molar-refractivity contribution in [1.29, 1.82) is 0 Å². The van der Waals surface area contributed by atoms with Crippen LogP contribution in [0.25, 0.3) is 0 Å². The van der Waals surface area contributed by atoms with Gasteiger partial charge in [-0.1, -0.05) is 22.0 Å². The largest absolute Gasteiger partial charge is 0.374 e. The van der Waals surface area contributed by atoms with Crippen LogP contribution in [0.4, 0.5) is 20.2 Å². The molecule has 0 aromatic heterocycles. The fraction of sp³-hybridized carbons (Fsp3) is 0.133. The first-order chi connectivity index (χ1) is 9.95. The van der Waals surface area contributed by atoms with Crippen molar-refractivity contribution in [2.24, 2.45) is 0 Å². The lowest BCUT2D eigenvalue weighted by Crippen LogP contribution is -2.22. The Morgan fingerprint density at radius 1 is 1.14 bits per heavy atom. The lowest BCUT2D eigenvalue weighted by atomic mass is 10.2. The Labute approximate surface area is 129 Å². The van der Waals surface area contributed by atoms with E-state index in [-0.39, 0.29) is 24.0 Å². The molecule has 0 saturated heterocycles. The number of nitrogens with one attached hydrogen (secondary N) is 2. The second-order valence-corrected chi connectivity index (χ2v) is 5.41. The lowest BCUT2D eigenvalue weighted by molar-refractivity contribution is -0.114. The van der Waals surface area contributed by atoms with Gasteiger partial charge in [-0.15, -0.1) is 0 Å². The number of anilines is 2. The predicted molar refractivity (Wildman–Crippen MR) is 82.4 cm³/mol. The smallest absolute Gasteiger partial charge is 0.243 e. The molecule has 2 N–H and O–H groups in total. The van der Waals surface area contributed by atoms with Gasteiger partial charge in [0.2, 0.25) is 5.91 Å². The fourth-order valence-corrected chi connectivity index (χ4v) is 2.02. The zero-order valence-electron chi connectivity index (χ0n) is 11.2. The highest BCUT2D eigenvalue weighted by Gasteiger charge is 2.07. The number of halogens is 3. The number of aryl methyl sites for hydroxylation is 1. The van der Waals surface area contributed by atoms with E-state index in [1.165, 1.54) is 18.2 Å². The molecule has 0 aliphatic carbocycles. The van der Waals surface area contributed by atoms with E-state index in [0.29, 0.717) is 15.7 Å². The average molecular weight is 355 g/mol. The van der Waals surface area contributed by atoms with Crippen LogP contribution in [0.15, 0.2) is 40.9 Å². The molecular formula is C15H13BrF2N2O. The zero-order valence-corrected chi connectivity index (χ0v) is 12.8. The number of benzene rings is 2. The van der Waals surface area contributed by atoms with Gasteiger partial charge in [0.1, 0.15) is 11.6 Å². The molecule has 2 aromatic rings. The number of hydrogen-bond donors (Lipinski definition) is 2. The highest BCUT2D eigenvalue weighted by molar-refractivity contribution is 9.10. The summed E-state index contributed by atoms with van der Waals surface area (Å²) in [5.74, 6) is -1.24. The highest BCUT2D eigenvalue weighted by Crippen LogP contribution is 2.19. The van der Waals surface area contributed by atoms with Gasteiger partial charge >= 0.3 is 0 Å². The Hall–Kier alpha value is -1.95. The summed E-state index contributed by atoms with van der Waals surface area (Å²) in [6, 6.07) is 8.92. The minimum atomic E-state index is -0.460. The summed E-state index contributed by atoms with van der Waals surface area (Å²) in [5.41, 5.74) is 1.09. The van der Waals surface area contributed by atoms with Crippen molar-refractivity contribution >= 4 is 33.2 Å². The Morgan fingerprint density at radius 2 is 1.90 bits per heavy atom. The number of rotatable bonds is 4. The molecule has 110 valence electrons. The highest BCUT2D eigenvalue weighted by atomic mass is 79.9. The van der Waals surface area contributed by atoms with Crippen LogP contribution in [0.3, 0.4) is 0 Å². The van der Waals surface area contributed by atoms with Gasteiger partial charge < -0.3 is 10.6 Å². The van der Waals surface area contributed by atoms with E-state index < -0.39 is 5.82 Å². The second-order valence-electron chi connectivity index (χ2n) is 4.49. The van der Waals surface area contributed by atoms with Crippen molar-refractivity contribution < 1.29 is 13.6 Å². The fourth-order valence-electron chi connectivity index (χ4n) is 1.68. The van der Waals surface area contributed by atoms with E-state index in [1.54, 1.807) is 25.1 Å². The maximum Gasteiger partial charge on any atom is 0.243 e. The molecule has 21 heavy (non-hydrogen) atoms. The maximum atomic E-state index is 13.6. The Morgan fingerprint density at radius 3 is 2.57 bits per heavy atom. The van der Waals surface area contributed by atoms with Crippen molar-refractivity contribution in [3.05, 3.63) is 58.1 Å². The molecule has 0 atom stereocenters. The minimum absolute atomic E-state index is 0.117. The molecule has 0 spiro atoms. The molecule has 0 saturated carbocycles. The Kier molecular flexibility index (Phi) is 4.90. The maximum absolute atomic E-state index is 13.6. The molecule has 1 amide bonds. The van der Waals surface area contributed by atoms with Gasteiger partial charge in [0.05, 0.1) is 12.2 Å². The zero-order chi connectivity index (χ0) is 15.4. The van der Waals surface area contributed by atoms with Gasteiger partial charge in [-0.25, -0.2) is 8.78 Å². The normalized spacial score (nSPS) is 10.3. The molecule has 0 aliphatic rings. The minimum Gasteiger partial charge on any atom is -0.374 e.